The van der Waals surface area contributed by atoms with Gasteiger partial charge in [-0.05, 0) is 30.2 Å². The number of rotatable bonds is 7. The maximum absolute atomic E-state index is 11.9. The quantitative estimate of drug-likeness (QED) is 0.815. The van der Waals surface area contributed by atoms with Gasteiger partial charge in [-0.25, -0.2) is 0 Å². The van der Waals surface area contributed by atoms with Crippen LogP contribution >= 0.6 is 0 Å². The van der Waals surface area contributed by atoms with Gasteiger partial charge in [0.05, 0.1) is 13.7 Å². The molecule has 2 N–H and O–H groups in total. The Morgan fingerprint density at radius 1 is 1.17 bits per heavy atom. The molecule has 0 spiro atoms. The average Bonchev–Trinajstić information content (AvgIpc) is 3.08. The van der Waals surface area contributed by atoms with E-state index in [1.807, 2.05) is 42.5 Å². The maximum Gasteiger partial charge on any atom is 0.239 e. The van der Waals surface area contributed by atoms with Crippen molar-refractivity contribution in [2.24, 2.45) is 0 Å². The number of amides is 1. The summed E-state index contributed by atoms with van der Waals surface area (Å²) in [5, 5.41) is 5.97. The zero-order valence-corrected chi connectivity index (χ0v) is 13.5. The van der Waals surface area contributed by atoms with Crippen LogP contribution in [0.15, 0.2) is 42.5 Å². The first-order valence-electron chi connectivity index (χ1n) is 7.78. The van der Waals surface area contributed by atoms with E-state index in [9.17, 15) is 4.79 Å². The molecule has 0 aromatic heterocycles. The van der Waals surface area contributed by atoms with Crippen LogP contribution in [0.1, 0.15) is 5.56 Å². The number of carbonyl (C=O) groups is 1. The first-order valence-corrected chi connectivity index (χ1v) is 7.78. The third kappa shape index (κ3) is 3.90. The second kappa shape index (κ2) is 7.59. The van der Waals surface area contributed by atoms with Gasteiger partial charge in [0.1, 0.15) is 5.75 Å². The van der Waals surface area contributed by atoms with E-state index in [1.54, 1.807) is 7.11 Å². The summed E-state index contributed by atoms with van der Waals surface area (Å²) in [6.45, 7) is 0.996. The number of ether oxygens (including phenoxy) is 3. The third-order valence-electron chi connectivity index (χ3n) is 3.73. The topological polar surface area (TPSA) is 68.8 Å². The number of benzene rings is 2. The van der Waals surface area contributed by atoms with Gasteiger partial charge in [-0.1, -0.05) is 18.2 Å². The van der Waals surface area contributed by atoms with Crippen LogP contribution in [0.25, 0.3) is 0 Å². The predicted molar refractivity (Wildman–Crippen MR) is 90.8 cm³/mol. The molecular weight excluding hydrogens is 308 g/mol. The molecule has 0 saturated carbocycles. The molecule has 1 aliphatic rings. The van der Waals surface area contributed by atoms with Gasteiger partial charge in [-0.2, -0.15) is 0 Å². The van der Waals surface area contributed by atoms with Crippen LogP contribution in [0.4, 0.5) is 5.69 Å². The minimum absolute atomic E-state index is 0.0671. The van der Waals surface area contributed by atoms with Crippen LogP contribution in [0, 0.1) is 0 Å². The molecule has 1 heterocycles. The van der Waals surface area contributed by atoms with Gasteiger partial charge >= 0.3 is 0 Å². The first-order chi connectivity index (χ1) is 11.8. The molecule has 2 aromatic rings. The van der Waals surface area contributed by atoms with Gasteiger partial charge in [0.15, 0.2) is 11.5 Å². The second-order valence-corrected chi connectivity index (χ2v) is 5.33. The van der Waals surface area contributed by atoms with Gasteiger partial charge < -0.3 is 24.8 Å². The van der Waals surface area contributed by atoms with E-state index >= 15 is 0 Å². The van der Waals surface area contributed by atoms with Gasteiger partial charge in [-0.15, -0.1) is 0 Å². The molecular formula is C18H20N2O4. The molecule has 1 amide bonds. The summed E-state index contributed by atoms with van der Waals surface area (Å²) >= 11 is 0. The zero-order chi connectivity index (χ0) is 16.8. The lowest BCUT2D eigenvalue weighted by Gasteiger charge is -2.10. The fourth-order valence-corrected chi connectivity index (χ4v) is 2.50. The smallest absolute Gasteiger partial charge is 0.239 e. The van der Waals surface area contributed by atoms with Gasteiger partial charge in [0, 0.05) is 18.3 Å². The molecule has 0 unspecified atom stereocenters. The molecule has 0 radical (unpaired) electrons. The van der Waals surface area contributed by atoms with Crippen LogP contribution in [0.5, 0.6) is 17.2 Å². The van der Waals surface area contributed by atoms with Crippen LogP contribution in [-0.4, -0.2) is 32.9 Å². The monoisotopic (exact) mass is 328 g/mol. The molecule has 2 aromatic carbocycles. The first kappa shape index (κ1) is 16.0. The summed E-state index contributed by atoms with van der Waals surface area (Å²) in [6.07, 6.45) is 0.722. The molecule has 0 bridgehead atoms. The lowest BCUT2D eigenvalue weighted by molar-refractivity contribution is -0.119. The number of hydrogen-bond donors (Lipinski definition) is 2. The third-order valence-corrected chi connectivity index (χ3v) is 3.73. The second-order valence-electron chi connectivity index (χ2n) is 5.33. The van der Waals surface area contributed by atoms with E-state index in [1.165, 1.54) is 0 Å². The summed E-state index contributed by atoms with van der Waals surface area (Å²) in [6, 6.07) is 13.3. The van der Waals surface area contributed by atoms with Crippen molar-refractivity contribution in [3.8, 4) is 17.2 Å². The Morgan fingerprint density at radius 2 is 2.00 bits per heavy atom. The molecule has 126 valence electrons. The fraction of sp³-hybridized carbons (Fsp3) is 0.278. The lowest BCUT2D eigenvalue weighted by atomic mass is 10.1. The summed E-state index contributed by atoms with van der Waals surface area (Å²) < 4.78 is 15.9. The highest BCUT2D eigenvalue weighted by atomic mass is 16.7. The Labute approximate surface area is 140 Å². The summed E-state index contributed by atoms with van der Waals surface area (Å²) in [4.78, 5) is 11.9. The minimum atomic E-state index is -0.0671. The Kier molecular flexibility index (Phi) is 5.05. The number of hydrogen-bond acceptors (Lipinski definition) is 5. The van der Waals surface area contributed by atoms with E-state index < -0.39 is 0 Å². The van der Waals surface area contributed by atoms with Crippen LogP contribution in [-0.2, 0) is 11.2 Å². The molecule has 0 atom stereocenters. The van der Waals surface area contributed by atoms with E-state index in [0.717, 1.165) is 29.2 Å². The van der Waals surface area contributed by atoms with Crippen molar-refractivity contribution in [3.05, 3.63) is 48.0 Å². The van der Waals surface area contributed by atoms with Crippen LogP contribution in [0.3, 0.4) is 0 Å². The van der Waals surface area contributed by atoms with Crippen molar-refractivity contribution in [2.75, 3.05) is 32.3 Å². The number of nitrogens with one attached hydrogen (secondary N) is 2. The van der Waals surface area contributed by atoms with Crippen molar-refractivity contribution in [1.82, 2.24) is 5.32 Å². The SMILES string of the molecule is COc1ccccc1CCNC(=O)CNc1ccc2c(c1)OCO2. The molecule has 0 aliphatic carbocycles. The van der Waals surface area contributed by atoms with Crippen molar-refractivity contribution in [1.29, 1.82) is 0 Å². The summed E-state index contributed by atoms with van der Waals surface area (Å²) in [5.74, 6) is 2.19. The summed E-state index contributed by atoms with van der Waals surface area (Å²) in [7, 11) is 1.65. The standard InChI is InChI=1S/C18H20N2O4/c1-22-15-5-3-2-4-13(15)8-9-19-18(21)11-20-14-6-7-16-17(10-14)24-12-23-16/h2-7,10,20H,8-9,11-12H2,1H3,(H,19,21). The van der Waals surface area contributed by atoms with E-state index in [0.29, 0.717) is 12.3 Å². The van der Waals surface area contributed by atoms with Crippen LogP contribution in [0.2, 0.25) is 0 Å². The molecule has 3 rings (SSSR count). The van der Waals surface area contributed by atoms with E-state index in [2.05, 4.69) is 10.6 Å². The fourth-order valence-electron chi connectivity index (χ4n) is 2.50. The normalized spacial score (nSPS) is 11.9. The highest BCUT2D eigenvalue weighted by molar-refractivity contribution is 5.80. The molecule has 1 aliphatic heterocycles. The lowest BCUT2D eigenvalue weighted by Crippen LogP contribution is -2.31. The maximum atomic E-state index is 11.9. The molecule has 0 saturated heterocycles. The van der Waals surface area contributed by atoms with Crippen LogP contribution < -0.4 is 24.8 Å². The number of carbonyl (C=O) groups excluding carboxylic acids is 1. The Bertz CT molecular complexity index is 718. The highest BCUT2D eigenvalue weighted by Crippen LogP contribution is 2.34. The van der Waals surface area contributed by atoms with Crippen molar-refractivity contribution in [2.45, 2.75) is 6.42 Å². The van der Waals surface area contributed by atoms with E-state index in [4.69, 9.17) is 14.2 Å². The van der Waals surface area contributed by atoms with Crippen molar-refractivity contribution >= 4 is 11.6 Å². The van der Waals surface area contributed by atoms with Crippen molar-refractivity contribution in [3.63, 3.8) is 0 Å². The highest BCUT2D eigenvalue weighted by Gasteiger charge is 2.13. The average molecular weight is 328 g/mol. The Balaban J connectivity index is 1.43. The zero-order valence-electron chi connectivity index (χ0n) is 13.5. The molecule has 6 nitrogen and oxygen atoms in total. The number of methoxy groups -OCH3 is 1. The van der Waals surface area contributed by atoms with E-state index in [-0.39, 0.29) is 19.2 Å². The summed E-state index contributed by atoms with van der Waals surface area (Å²) in [5.41, 5.74) is 1.89. The Morgan fingerprint density at radius 3 is 2.88 bits per heavy atom. The van der Waals surface area contributed by atoms with Crippen molar-refractivity contribution < 1.29 is 19.0 Å². The number of para-hydroxylation sites is 1. The van der Waals surface area contributed by atoms with Gasteiger partial charge in [0.25, 0.3) is 0 Å². The molecule has 24 heavy (non-hydrogen) atoms. The Hall–Kier alpha value is -2.89. The largest absolute Gasteiger partial charge is 0.496 e. The van der Waals surface area contributed by atoms with Gasteiger partial charge in [0.2, 0.25) is 12.7 Å². The molecule has 0 fully saturated rings. The van der Waals surface area contributed by atoms with Gasteiger partial charge in [-0.3, -0.25) is 4.79 Å². The molecule has 6 heteroatoms. The number of anilines is 1. The number of fused-ring (bicyclic) bond motifs is 1. The minimum Gasteiger partial charge on any atom is -0.496 e. The predicted octanol–water partition coefficient (Wildman–Crippen LogP) is 2.19.